The number of hydrogen-bond acceptors (Lipinski definition) is 2. The van der Waals surface area contributed by atoms with Gasteiger partial charge in [0.05, 0.1) is 0 Å². The van der Waals surface area contributed by atoms with Crippen LogP contribution in [0.15, 0.2) is 41.3 Å². The van der Waals surface area contributed by atoms with Crippen molar-refractivity contribution in [1.82, 2.24) is 0 Å². The van der Waals surface area contributed by atoms with Crippen molar-refractivity contribution in [1.29, 1.82) is 0 Å². The Morgan fingerprint density at radius 1 is 0.833 bits per heavy atom. The molecule has 0 saturated heterocycles. The summed E-state index contributed by atoms with van der Waals surface area (Å²) in [7, 11) is 0.546. The summed E-state index contributed by atoms with van der Waals surface area (Å²) in [5.41, 5.74) is 3.07. The fourth-order valence-electron chi connectivity index (χ4n) is 3.07. The second-order valence-corrected chi connectivity index (χ2v) is 10.4. The number of phenols is 1. The van der Waals surface area contributed by atoms with Crippen molar-refractivity contribution < 1.29 is 5.11 Å². The van der Waals surface area contributed by atoms with E-state index < -0.39 is 0 Å². The molecule has 2 aromatic carbocycles. The van der Waals surface area contributed by atoms with E-state index in [4.69, 9.17) is 0 Å². The van der Waals surface area contributed by atoms with Gasteiger partial charge in [0.1, 0.15) is 15.3 Å². The van der Waals surface area contributed by atoms with Crippen LogP contribution < -0.4 is 10.4 Å². The molecular formula is C21H28OSSi. The van der Waals surface area contributed by atoms with E-state index >= 15 is 0 Å². The highest BCUT2D eigenvalue weighted by atomic mass is 32.2. The molecule has 0 spiro atoms. The molecule has 0 aliphatic rings. The van der Waals surface area contributed by atoms with Gasteiger partial charge in [-0.1, -0.05) is 77.1 Å². The van der Waals surface area contributed by atoms with Crippen LogP contribution in [-0.2, 0) is 10.8 Å². The van der Waals surface area contributed by atoms with Crippen LogP contribution in [0.5, 0.6) is 5.75 Å². The Balaban J connectivity index is 2.62. The summed E-state index contributed by atoms with van der Waals surface area (Å²) in [5, 5.41) is 12.8. The lowest BCUT2D eigenvalue weighted by molar-refractivity contribution is 0.463. The first kappa shape index (κ1) is 19.1. The van der Waals surface area contributed by atoms with Gasteiger partial charge in [-0.3, -0.25) is 0 Å². The fourth-order valence-corrected chi connectivity index (χ4v) is 5.62. The van der Waals surface area contributed by atoms with Crippen molar-refractivity contribution in [3.63, 3.8) is 0 Å². The predicted octanol–water partition coefficient (Wildman–Crippen LogP) is 4.36. The van der Waals surface area contributed by atoms with Gasteiger partial charge in [-0.05, 0) is 39.5 Å². The minimum Gasteiger partial charge on any atom is -0.507 e. The van der Waals surface area contributed by atoms with E-state index in [0.717, 1.165) is 4.90 Å². The van der Waals surface area contributed by atoms with Crippen LogP contribution in [0.3, 0.4) is 0 Å². The summed E-state index contributed by atoms with van der Waals surface area (Å²) in [6.07, 6.45) is 2.03. The van der Waals surface area contributed by atoms with Crippen LogP contribution in [0.4, 0.5) is 0 Å². The standard InChI is InChI=1S/C21H28OSSi/c1-20(2,3)14-10-8-12-16(18(14)21(4,5)6)24-17-13-9-11-15(22)19(17)23-7/h8-13,22H,1-7H3. The van der Waals surface area contributed by atoms with Crippen molar-refractivity contribution >= 4 is 31.7 Å². The molecule has 0 bridgehead atoms. The fraction of sp³-hybridized carbons (Fsp3) is 0.429. The van der Waals surface area contributed by atoms with E-state index in [1.807, 2.05) is 12.3 Å². The molecule has 0 amide bonds. The quantitative estimate of drug-likeness (QED) is 0.651. The Hall–Kier alpha value is -1.19. The van der Waals surface area contributed by atoms with Crippen molar-refractivity contribution in [3.05, 3.63) is 47.5 Å². The smallest absolute Gasteiger partial charge is 0.128 e. The maximum absolute atomic E-state index is 10.2. The molecule has 0 saturated carbocycles. The SMILES string of the molecule is CSc1c(O)cccc1[Si]c1cccc(C(C)(C)C)c1C(C)(C)C. The molecule has 0 fully saturated rings. The van der Waals surface area contributed by atoms with Gasteiger partial charge >= 0.3 is 0 Å². The zero-order valence-corrected chi connectivity index (χ0v) is 17.6. The van der Waals surface area contributed by atoms with E-state index in [0.29, 0.717) is 15.3 Å². The average Bonchev–Trinajstić information content (AvgIpc) is 2.45. The number of hydrogen-bond donors (Lipinski definition) is 1. The third kappa shape index (κ3) is 4.07. The van der Waals surface area contributed by atoms with Gasteiger partial charge in [0.2, 0.25) is 0 Å². The van der Waals surface area contributed by atoms with Gasteiger partial charge in [-0.2, -0.15) is 0 Å². The minimum absolute atomic E-state index is 0.0859. The lowest BCUT2D eigenvalue weighted by Crippen LogP contribution is -2.37. The number of phenolic OH excluding ortho intramolecular Hbond substituents is 1. The van der Waals surface area contributed by atoms with Crippen molar-refractivity contribution in [3.8, 4) is 5.75 Å². The largest absolute Gasteiger partial charge is 0.507 e. The molecule has 0 atom stereocenters. The van der Waals surface area contributed by atoms with Crippen LogP contribution in [-0.4, -0.2) is 20.9 Å². The van der Waals surface area contributed by atoms with Gasteiger partial charge in [-0.15, -0.1) is 11.8 Å². The molecule has 0 aromatic heterocycles. The highest BCUT2D eigenvalue weighted by Gasteiger charge is 2.27. The monoisotopic (exact) mass is 356 g/mol. The van der Waals surface area contributed by atoms with Crippen LogP contribution in [0.25, 0.3) is 0 Å². The third-order valence-electron chi connectivity index (χ3n) is 4.09. The summed E-state index contributed by atoms with van der Waals surface area (Å²) in [6.45, 7) is 13.7. The van der Waals surface area contributed by atoms with Crippen LogP contribution in [0, 0.1) is 0 Å². The second kappa shape index (κ2) is 6.97. The Kier molecular flexibility index (Phi) is 5.56. The first-order valence-corrected chi connectivity index (χ1v) is 10.5. The van der Waals surface area contributed by atoms with E-state index in [1.54, 1.807) is 17.8 Å². The molecule has 2 radical (unpaired) electrons. The van der Waals surface area contributed by atoms with Crippen molar-refractivity contribution in [2.75, 3.05) is 6.26 Å². The van der Waals surface area contributed by atoms with Gasteiger partial charge in [0.15, 0.2) is 0 Å². The van der Waals surface area contributed by atoms with Crippen LogP contribution in [0.1, 0.15) is 52.7 Å². The molecule has 2 rings (SSSR count). The zero-order valence-electron chi connectivity index (χ0n) is 15.8. The van der Waals surface area contributed by atoms with Crippen molar-refractivity contribution in [2.24, 2.45) is 0 Å². The lowest BCUT2D eigenvalue weighted by atomic mass is 9.75. The van der Waals surface area contributed by atoms with E-state index in [2.05, 4.69) is 65.8 Å². The van der Waals surface area contributed by atoms with Crippen LogP contribution in [0.2, 0.25) is 0 Å². The topological polar surface area (TPSA) is 20.2 Å². The van der Waals surface area contributed by atoms with Gasteiger partial charge in [-0.25, -0.2) is 0 Å². The molecule has 0 heterocycles. The number of rotatable bonds is 3. The van der Waals surface area contributed by atoms with Gasteiger partial charge < -0.3 is 5.11 Å². The Labute approximate surface area is 153 Å². The van der Waals surface area contributed by atoms with Crippen molar-refractivity contribution in [2.45, 2.75) is 57.3 Å². The molecule has 1 nitrogen and oxygen atoms in total. The minimum atomic E-state index is 0.0859. The summed E-state index contributed by atoms with van der Waals surface area (Å²) in [6, 6.07) is 12.6. The molecular weight excluding hydrogens is 328 g/mol. The number of aromatic hydroxyl groups is 1. The lowest BCUT2D eigenvalue weighted by Gasteiger charge is -2.32. The van der Waals surface area contributed by atoms with E-state index in [1.165, 1.54) is 21.5 Å². The van der Waals surface area contributed by atoms with Gasteiger partial charge in [0, 0.05) is 4.90 Å². The summed E-state index contributed by atoms with van der Waals surface area (Å²) in [4.78, 5) is 0.997. The first-order chi connectivity index (χ1) is 11.1. The summed E-state index contributed by atoms with van der Waals surface area (Å²) in [5.74, 6) is 0.386. The van der Waals surface area contributed by atoms with E-state index in [-0.39, 0.29) is 10.8 Å². The van der Waals surface area contributed by atoms with Gasteiger partial charge in [0.25, 0.3) is 0 Å². The number of benzene rings is 2. The summed E-state index contributed by atoms with van der Waals surface area (Å²) < 4.78 is 0. The Morgan fingerprint density at radius 3 is 1.96 bits per heavy atom. The Bertz CT molecular complexity index is 724. The third-order valence-corrected chi connectivity index (χ3v) is 6.48. The molecule has 0 aliphatic carbocycles. The molecule has 0 unspecified atom stereocenters. The second-order valence-electron chi connectivity index (χ2n) is 8.21. The highest BCUT2D eigenvalue weighted by Crippen LogP contribution is 2.32. The predicted molar refractivity (Wildman–Crippen MR) is 109 cm³/mol. The van der Waals surface area contributed by atoms with Crippen LogP contribution >= 0.6 is 11.8 Å². The first-order valence-electron chi connectivity index (χ1n) is 8.32. The average molecular weight is 357 g/mol. The van der Waals surface area contributed by atoms with E-state index in [9.17, 15) is 5.11 Å². The molecule has 2 aromatic rings. The normalized spacial score (nSPS) is 12.5. The maximum atomic E-state index is 10.2. The Morgan fingerprint density at radius 2 is 1.42 bits per heavy atom. The molecule has 128 valence electrons. The highest BCUT2D eigenvalue weighted by molar-refractivity contribution is 7.99. The molecule has 24 heavy (non-hydrogen) atoms. The molecule has 3 heteroatoms. The molecule has 1 N–H and O–H groups in total. The summed E-state index contributed by atoms with van der Waals surface area (Å²) >= 11 is 1.62. The molecule has 0 aliphatic heterocycles. The zero-order chi connectivity index (χ0) is 18.1. The number of thioether (sulfide) groups is 1. The maximum Gasteiger partial charge on any atom is 0.128 e.